The molecule has 3 N–H and O–H groups in total. The summed E-state index contributed by atoms with van der Waals surface area (Å²) >= 11 is 0. The van der Waals surface area contributed by atoms with E-state index in [1.807, 2.05) is 0 Å². The van der Waals surface area contributed by atoms with Crippen molar-refractivity contribution in [1.82, 2.24) is 5.32 Å². The van der Waals surface area contributed by atoms with Crippen molar-refractivity contribution in [1.29, 1.82) is 0 Å². The topological polar surface area (TPSA) is 55.1 Å². The first-order chi connectivity index (χ1) is 8.25. The van der Waals surface area contributed by atoms with Crippen molar-refractivity contribution in [2.45, 2.75) is 38.1 Å². The van der Waals surface area contributed by atoms with Gasteiger partial charge in [0, 0.05) is 17.3 Å². The number of nitrogen functional groups attached to an aromatic ring is 1. The molecule has 1 aromatic carbocycles. The van der Waals surface area contributed by atoms with E-state index in [1.54, 1.807) is 24.3 Å². The van der Waals surface area contributed by atoms with Gasteiger partial charge in [0.15, 0.2) is 5.78 Å². The van der Waals surface area contributed by atoms with Crippen molar-refractivity contribution in [3.05, 3.63) is 29.8 Å². The van der Waals surface area contributed by atoms with E-state index in [0.717, 1.165) is 5.56 Å². The van der Waals surface area contributed by atoms with Crippen LogP contribution in [0.15, 0.2) is 24.3 Å². The molecule has 0 saturated heterocycles. The van der Waals surface area contributed by atoms with Gasteiger partial charge in [-0.25, -0.2) is 0 Å². The van der Waals surface area contributed by atoms with E-state index in [0.29, 0.717) is 18.3 Å². The molecule has 0 unspecified atom stereocenters. The highest BCUT2D eigenvalue weighted by Gasteiger charge is 2.14. The number of ketones is 1. The second-order valence-corrected chi connectivity index (χ2v) is 4.76. The molecule has 0 radical (unpaired) electrons. The molecule has 1 fully saturated rings. The summed E-state index contributed by atoms with van der Waals surface area (Å²) in [7, 11) is 0. The lowest BCUT2D eigenvalue weighted by Gasteiger charge is -2.22. The van der Waals surface area contributed by atoms with E-state index < -0.39 is 0 Å². The standard InChI is InChI=1S/C14H20N2O/c15-12-8-6-11(7-9-12)14(17)10-16-13-4-2-1-3-5-13/h6-9,13,16H,1-5,10,15H2. The second kappa shape index (κ2) is 5.82. The number of rotatable bonds is 4. The largest absolute Gasteiger partial charge is 0.399 e. The Balaban J connectivity index is 1.82. The second-order valence-electron chi connectivity index (χ2n) is 4.76. The minimum atomic E-state index is 0.149. The van der Waals surface area contributed by atoms with Gasteiger partial charge in [-0.2, -0.15) is 0 Å². The van der Waals surface area contributed by atoms with E-state index >= 15 is 0 Å². The molecule has 92 valence electrons. The SMILES string of the molecule is Nc1ccc(C(=O)CNC2CCCCC2)cc1. The van der Waals surface area contributed by atoms with Crippen molar-refractivity contribution >= 4 is 11.5 Å². The molecule has 0 bridgehead atoms. The molecule has 0 spiro atoms. The summed E-state index contributed by atoms with van der Waals surface area (Å²) in [5.41, 5.74) is 7.03. The van der Waals surface area contributed by atoms with Gasteiger partial charge in [-0.3, -0.25) is 4.79 Å². The first-order valence-electron chi connectivity index (χ1n) is 6.38. The number of Topliss-reactive ketones (excluding diaryl/α,β-unsaturated/α-hetero) is 1. The van der Waals surface area contributed by atoms with Gasteiger partial charge in [0.25, 0.3) is 0 Å². The highest BCUT2D eigenvalue weighted by molar-refractivity contribution is 5.97. The van der Waals surface area contributed by atoms with Gasteiger partial charge in [-0.05, 0) is 37.1 Å². The number of nitrogens with two attached hydrogens (primary N) is 1. The Morgan fingerprint density at radius 1 is 1.18 bits per heavy atom. The molecular weight excluding hydrogens is 212 g/mol. The van der Waals surface area contributed by atoms with Crippen LogP contribution >= 0.6 is 0 Å². The predicted octanol–water partition coefficient (Wildman–Crippen LogP) is 2.37. The van der Waals surface area contributed by atoms with Gasteiger partial charge in [0.05, 0.1) is 6.54 Å². The summed E-state index contributed by atoms with van der Waals surface area (Å²) in [5, 5.41) is 3.35. The molecule has 3 heteroatoms. The summed E-state index contributed by atoms with van der Waals surface area (Å²) in [6, 6.07) is 7.66. The molecule has 1 aliphatic rings. The first-order valence-corrected chi connectivity index (χ1v) is 6.38. The highest BCUT2D eigenvalue weighted by atomic mass is 16.1. The van der Waals surface area contributed by atoms with E-state index in [-0.39, 0.29) is 5.78 Å². The fraction of sp³-hybridized carbons (Fsp3) is 0.500. The van der Waals surface area contributed by atoms with Gasteiger partial charge in [-0.15, -0.1) is 0 Å². The van der Waals surface area contributed by atoms with E-state index in [4.69, 9.17) is 5.73 Å². The number of nitrogens with one attached hydrogen (secondary N) is 1. The summed E-state index contributed by atoms with van der Waals surface area (Å²) in [5.74, 6) is 0.149. The van der Waals surface area contributed by atoms with Crippen LogP contribution < -0.4 is 11.1 Å². The normalized spacial score (nSPS) is 16.9. The van der Waals surface area contributed by atoms with Crippen LogP contribution in [0.4, 0.5) is 5.69 Å². The summed E-state index contributed by atoms with van der Waals surface area (Å²) < 4.78 is 0. The Kier molecular flexibility index (Phi) is 4.15. The smallest absolute Gasteiger partial charge is 0.176 e. The van der Waals surface area contributed by atoms with Crippen LogP contribution in [0.5, 0.6) is 0 Å². The number of carbonyl (C=O) groups is 1. The lowest BCUT2D eigenvalue weighted by molar-refractivity contribution is 0.0985. The number of hydrogen-bond acceptors (Lipinski definition) is 3. The zero-order chi connectivity index (χ0) is 12.1. The fourth-order valence-corrected chi connectivity index (χ4v) is 2.31. The van der Waals surface area contributed by atoms with E-state index in [1.165, 1.54) is 32.1 Å². The summed E-state index contributed by atoms with van der Waals surface area (Å²) in [4.78, 5) is 11.9. The molecule has 1 aromatic rings. The molecule has 1 aliphatic carbocycles. The van der Waals surface area contributed by atoms with Crippen LogP contribution in [0, 0.1) is 0 Å². The molecule has 1 saturated carbocycles. The Labute approximate surface area is 102 Å². The minimum absolute atomic E-state index is 0.149. The monoisotopic (exact) mass is 232 g/mol. The van der Waals surface area contributed by atoms with Crippen LogP contribution in [0.1, 0.15) is 42.5 Å². The molecular formula is C14H20N2O. The average Bonchev–Trinajstić information content (AvgIpc) is 2.38. The maximum absolute atomic E-state index is 11.9. The van der Waals surface area contributed by atoms with Crippen LogP contribution in [-0.2, 0) is 0 Å². The van der Waals surface area contributed by atoms with Gasteiger partial charge in [0.1, 0.15) is 0 Å². The van der Waals surface area contributed by atoms with Gasteiger partial charge in [-0.1, -0.05) is 19.3 Å². The minimum Gasteiger partial charge on any atom is -0.399 e. The molecule has 17 heavy (non-hydrogen) atoms. The Hall–Kier alpha value is -1.35. The zero-order valence-corrected chi connectivity index (χ0v) is 10.1. The van der Waals surface area contributed by atoms with Crippen molar-refractivity contribution in [2.75, 3.05) is 12.3 Å². The lowest BCUT2D eigenvalue weighted by Crippen LogP contribution is -2.35. The molecule has 0 aromatic heterocycles. The van der Waals surface area contributed by atoms with Crippen LogP contribution in [0.25, 0.3) is 0 Å². The third-order valence-electron chi connectivity index (χ3n) is 3.39. The predicted molar refractivity (Wildman–Crippen MR) is 70.1 cm³/mol. The number of carbonyl (C=O) groups excluding carboxylic acids is 1. The lowest BCUT2D eigenvalue weighted by atomic mass is 9.95. The van der Waals surface area contributed by atoms with Crippen LogP contribution in [-0.4, -0.2) is 18.4 Å². The van der Waals surface area contributed by atoms with Crippen molar-refractivity contribution in [3.63, 3.8) is 0 Å². The van der Waals surface area contributed by atoms with Gasteiger partial charge >= 0.3 is 0 Å². The van der Waals surface area contributed by atoms with Crippen molar-refractivity contribution < 1.29 is 4.79 Å². The highest BCUT2D eigenvalue weighted by Crippen LogP contribution is 2.17. The van der Waals surface area contributed by atoms with E-state index in [9.17, 15) is 4.79 Å². The molecule has 2 rings (SSSR count). The molecule has 0 amide bonds. The summed E-state index contributed by atoms with van der Waals surface area (Å²) in [6.45, 7) is 0.439. The Morgan fingerprint density at radius 2 is 1.82 bits per heavy atom. The Morgan fingerprint density at radius 3 is 2.47 bits per heavy atom. The van der Waals surface area contributed by atoms with Gasteiger partial charge < -0.3 is 11.1 Å². The fourth-order valence-electron chi connectivity index (χ4n) is 2.31. The number of benzene rings is 1. The first kappa shape index (κ1) is 12.1. The quantitative estimate of drug-likeness (QED) is 0.619. The third-order valence-corrected chi connectivity index (χ3v) is 3.39. The van der Waals surface area contributed by atoms with Crippen molar-refractivity contribution in [2.24, 2.45) is 0 Å². The maximum atomic E-state index is 11.9. The zero-order valence-electron chi connectivity index (χ0n) is 10.1. The van der Waals surface area contributed by atoms with Crippen molar-refractivity contribution in [3.8, 4) is 0 Å². The van der Waals surface area contributed by atoms with Crippen LogP contribution in [0.2, 0.25) is 0 Å². The van der Waals surface area contributed by atoms with Crippen LogP contribution in [0.3, 0.4) is 0 Å². The van der Waals surface area contributed by atoms with Gasteiger partial charge in [0.2, 0.25) is 0 Å². The summed E-state index contributed by atoms with van der Waals surface area (Å²) in [6.07, 6.45) is 6.32. The Bertz CT molecular complexity index is 366. The molecule has 0 heterocycles. The van der Waals surface area contributed by atoms with E-state index in [2.05, 4.69) is 5.32 Å². The molecule has 0 atom stereocenters. The average molecular weight is 232 g/mol. The molecule has 3 nitrogen and oxygen atoms in total. The third kappa shape index (κ3) is 3.56. The number of anilines is 1. The number of hydrogen-bond donors (Lipinski definition) is 2. The molecule has 0 aliphatic heterocycles. The maximum Gasteiger partial charge on any atom is 0.176 e.